The van der Waals surface area contributed by atoms with Crippen LogP contribution in [-0.4, -0.2) is 11.6 Å². The van der Waals surface area contributed by atoms with Crippen molar-refractivity contribution in [2.24, 2.45) is 0 Å². The van der Waals surface area contributed by atoms with Gasteiger partial charge in [-0.25, -0.2) is 0 Å². The second-order valence-electron chi connectivity index (χ2n) is 4.51. The number of halogens is 3. The Morgan fingerprint density at radius 3 is 2.60 bits per heavy atom. The number of benzene rings is 1. The summed E-state index contributed by atoms with van der Waals surface area (Å²) in [6.07, 6.45) is -3.77. The van der Waals surface area contributed by atoms with Crippen molar-refractivity contribution in [1.82, 2.24) is 4.98 Å². The molecule has 1 heterocycles. The standard InChI is InChI=1S/C14H14F3NO2/c1-3-6-20-9-4-5-11-10(7-9)12(19)8(2)13(18-11)14(15,16)17/h4-5,7H,3,6H2,1-2H3,(H,18,19). The van der Waals surface area contributed by atoms with E-state index >= 15 is 0 Å². The Hall–Kier alpha value is -1.98. The van der Waals surface area contributed by atoms with Gasteiger partial charge in [-0.15, -0.1) is 0 Å². The van der Waals surface area contributed by atoms with Gasteiger partial charge in [-0.2, -0.15) is 13.2 Å². The zero-order valence-corrected chi connectivity index (χ0v) is 11.1. The first kappa shape index (κ1) is 14.4. The van der Waals surface area contributed by atoms with Gasteiger partial charge in [-0.05, 0) is 31.5 Å². The molecule has 0 aliphatic rings. The molecule has 1 aromatic carbocycles. The Labute approximate surface area is 113 Å². The van der Waals surface area contributed by atoms with E-state index in [2.05, 4.69) is 4.98 Å². The van der Waals surface area contributed by atoms with E-state index in [0.717, 1.165) is 6.42 Å². The molecule has 1 aromatic heterocycles. The van der Waals surface area contributed by atoms with Gasteiger partial charge in [0.15, 0.2) is 5.43 Å². The fraction of sp³-hybridized carbons (Fsp3) is 0.357. The van der Waals surface area contributed by atoms with Crippen LogP contribution in [0.25, 0.3) is 10.9 Å². The van der Waals surface area contributed by atoms with Crippen LogP contribution in [-0.2, 0) is 6.18 Å². The SMILES string of the molecule is CCCOc1ccc2[nH]c(C(F)(F)F)c(C)c(=O)c2c1. The van der Waals surface area contributed by atoms with Gasteiger partial charge in [0.2, 0.25) is 0 Å². The molecule has 2 rings (SSSR count). The number of ether oxygens (including phenoxy) is 1. The quantitative estimate of drug-likeness (QED) is 0.935. The Bertz CT molecular complexity index is 689. The summed E-state index contributed by atoms with van der Waals surface area (Å²) in [6, 6.07) is 4.44. The highest BCUT2D eigenvalue weighted by molar-refractivity contribution is 5.81. The van der Waals surface area contributed by atoms with Gasteiger partial charge in [-0.1, -0.05) is 6.92 Å². The summed E-state index contributed by atoms with van der Waals surface area (Å²) in [6.45, 7) is 3.59. The lowest BCUT2D eigenvalue weighted by Gasteiger charge is -2.12. The molecule has 0 fully saturated rings. The van der Waals surface area contributed by atoms with Crippen LogP contribution in [0.4, 0.5) is 13.2 Å². The predicted molar refractivity (Wildman–Crippen MR) is 70.1 cm³/mol. The molecule has 108 valence electrons. The molecule has 0 unspecified atom stereocenters. The summed E-state index contributed by atoms with van der Waals surface area (Å²) in [5.41, 5.74) is -1.82. The molecule has 3 nitrogen and oxygen atoms in total. The van der Waals surface area contributed by atoms with Gasteiger partial charge < -0.3 is 9.72 Å². The van der Waals surface area contributed by atoms with Crippen LogP contribution >= 0.6 is 0 Å². The van der Waals surface area contributed by atoms with E-state index in [1.807, 2.05) is 6.92 Å². The van der Waals surface area contributed by atoms with E-state index < -0.39 is 17.3 Å². The van der Waals surface area contributed by atoms with Crippen LogP contribution in [0.5, 0.6) is 5.75 Å². The third kappa shape index (κ3) is 2.64. The molecule has 0 saturated heterocycles. The number of hydrogen-bond donors (Lipinski definition) is 1. The first-order valence-corrected chi connectivity index (χ1v) is 6.21. The predicted octanol–water partition coefficient (Wildman–Crippen LogP) is 3.64. The Morgan fingerprint density at radius 1 is 1.30 bits per heavy atom. The lowest BCUT2D eigenvalue weighted by atomic mass is 10.1. The summed E-state index contributed by atoms with van der Waals surface area (Å²) in [5, 5.41) is 0.198. The van der Waals surface area contributed by atoms with E-state index in [-0.39, 0.29) is 16.5 Å². The molecule has 0 spiro atoms. The van der Waals surface area contributed by atoms with Crippen molar-refractivity contribution in [3.8, 4) is 5.75 Å². The van der Waals surface area contributed by atoms with Crippen molar-refractivity contribution in [2.45, 2.75) is 26.4 Å². The molecule has 0 amide bonds. The number of aromatic amines is 1. The van der Waals surface area contributed by atoms with Gasteiger partial charge in [0, 0.05) is 16.5 Å². The second kappa shape index (κ2) is 5.19. The van der Waals surface area contributed by atoms with Crippen molar-refractivity contribution < 1.29 is 17.9 Å². The number of pyridine rings is 1. The third-order valence-electron chi connectivity index (χ3n) is 2.97. The van der Waals surface area contributed by atoms with Gasteiger partial charge >= 0.3 is 6.18 Å². The summed E-state index contributed by atoms with van der Waals surface area (Å²) in [4.78, 5) is 14.3. The highest BCUT2D eigenvalue weighted by Gasteiger charge is 2.34. The molecule has 2 aromatic rings. The highest BCUT2D eigenvalue weighted by atomic mass is 19.4. The average Bonchev–Trinajstić information content (AvgIpc) is 2.39. The summed E-state index contributed by atoms with van der Waals surface area (Å²) < 4.78 is 43.8. The number of aromatic nitrogens is 1. The zero-order chi connectivity index (χ0) is 14.9. The summed E-state index contributed by atoms with van der Waals surface area (Å²) in [5.74, 6) is 0.476. The molecule has 0 atom stereocenters. The minimum atomic E-state index is -4.57. The van der Waals surface area contributed by atoms with Crippen molar-refractivity contribution >= 4 is 10.9 Å². The first-order chi connectivity index (χ1) is 9.34. The molecular weight excluding hydrogens is 271 g/mol. The molecule has 0 aliphatic carbocycles. The van der Waals surface area contributed by atoms with Gasteiger partial charge in [0.1, 0.15) is 11.4 Å². The largest absolute Gasteiger partial charge is 0.494 e. The summed E-state index contributed by atoms with van der Waals surface area (Å²) >= 11 is 0. The molecule has 0 bridgehead atoms. The zero-order valence-electron chi connectivity index (χ0n) is 11.1. The van der Waals surface area contributed by atoms with Crippen LogP contribution in [0, 0.1) is 6.92 Å². The number of alkyl halides is 3. The smallest absolute Gasteiger partial charge is 0.431 e. The Kier molecular flexibility index (Phi) is 3.74. The Balaban J connectivity index is 2.62. The molecular formula is C14H14F3NO2. The maximum Gasteiger partial charge on any atom is 0.431 e. The highest BCUT2D eigenvalue weighted by Crippen LogP contribution is 2.30. The maximum absolute atomic E-state index is 12.8. The first-order valence-electron chi connectivity index (χ1n) is 6.21. The number of rotatable bonds is 3. The minimum Gasteiger partial charge on any atom is -0.494 e. The van der Waals surface area contributed by atoms with Gasteiger partial charge in [0.25, 0.3) is 0 Å². The molecule has 0 radical (unpaired) electrons. The fourth-order valence-electron chi connectivity index (χ4n) is 1.96. The molecule has 1 N–H and O–H groups in total. The second-order valence-corrected chi connectivity index (χ2v) is 4.51. The third-order valence-corrected chi connectivity index (χ3v) is 2.97. The van der Waals surface area contributed by atoms with Crippen molar-refractivity contribution in [3.63, 3.8) is 0 Å². The number of hydrogen-bond acceptors (Lipinski definition) is 2. The van der Waals surface area contributed by atoms with Crippen molar-refractivity contribution in [2.75, 3.05) is 6.61 Å². The fourth-order valence-corrected chi connectivity index (χ4v) is 1.96. The van der Waals surface area contributed by atoms with Crippen LogP contribution in [0.1, 0.15) is 24.6 Å². The van der Waals surface area contributed by atoms with E-state index in [0.29, 0.717) is 12.4 Å². The lowest BCUT2D eigenvalue weighted by molar-refractivity contribution is -0.141. The van der Waals surface area contributed by atoms with Crippen molar-refractivity contribution in [3.05, 3.63) is 39.7 Å². The normalized spacial score (nSPS) is 11.8. The van der Waals surface area contributed by atoms with Gasteiger partial charge in [-0.3, -0.25) is 4.79 Å². The number of H-pyrrole nitrogens is 1. The van der Waals surface area contributed by atoms with Gasteiger partial charge in [0.05, 0.1) is 6.61 Å². The van der Waals surface area contributed by atoms with Crippen LogP contribution in [0.15, 0.2) is 23.0 Å². The average molecular weight is 285 g/mol. The Morgan fingerprint density at radius 2 is 2.00 bits per heavy atom. The molecule has 6 heteroatoms. The molecule has 0 aliphatic heterocycles. The van der Waals surface area contributed by atoms with Crippen molar-refractivity contribution in [1.29, 1.82) is 0 Å². The summed E-state index contributed by atoms with van der Waals surface area (Å²) in [7, 11) is 0. The van der Waals surface area contributed by atoms with E-state index in [9.17, 15) is 18.0 Å². The monoisotopic (exact) mass is 285 g/mol. The minimum absolute atomic E-state index is 0.150. The van der Waals surface area contributed by atoms with E-state index in [1.54, 1.807) is 6.07 Å². The maximum atomic E-state index is 12.8. The van der Waals surface area contributed by atoms with Crippen LogP contribution in [0.2, 0.25) is 0 Å². The topological polar surface area (TPSA) is 42.1 Å². The van der Waals surface area contributed by atoms with E-state index in [4.69, 9.17) is 4.74 Å². The number of nitrogens with one attached hydrogen (secondary N) is 1. The number of fused-ring (bicyclic) bond motifs is 1. The molecule has 0 saturated carbocycles. The van der Waals surface area contributed by atoms with Crippen LogP contribution < -0.4 is 10.2 Å². The molecule has 20 heavy (non-hydrogen) atoms. The van der Waals surface area contributed by atoms with E-state index in [1.165, 1.54) is 19.1 Å². The lowest BCUT2D eigenvalue weighted by Crippen LogP contribution is -2.18. The van der Waals surface area contributed by atoms with Crippen LogP contribution in [0.3, 0.4) is 0 Å².